The second-order valence-corrected chi connectivity index (χ2v) is 3.18. The zero-order chi connectivity index (χ0) is 9.10. The molecule has 1 saturated heterocycles. The number of nitrogens with zero attached hydrogens (tertiary/aromatic N) is 2. The fourth-order valence-electron chi connectivity index (χ4n) is 1.50. The summed E-state index contributed by atoms with van der Waals surface area (Å²) in [5, 5.41) is 3.30. The van der Waals surface area contributed by atoms with Gasteiger partial charge in [0.15, 0.2) is 0 Å². The molecule has 1 N–H and O–H groups in total. The molecule has 1 fully saturated rings. The smallest absolute Gasteiger partial charge is 0.127 e. The Labute approximate surface area is 79.6 Å². The second kappa shape index (κ2) is 3.79. The van der Waals surface area contributed by atoms with Crippen molar-refractivity contribution in [2.45, 2.75) is 0 Å². The van der Waals surface area contributed by atoms with Crippen molar-refractivity contribution in [3.63, 3.8) is 0 Å². The van der Waals surface area contributed by atoms with E-state index in [1.165, 1.54) is 0 Å². The molecule has 2 rings (SSSR count). The van der Waals surface area contributed by atoms with Crippen molar-refractivity contribution in [1.82, 2.24) is 10.3 Å². The van der Waals surface area contributed by atoms with Gasteiger partial charge in [-0.3, -0.25) is 0 Å². The highest BCUT2D eigenvalue weighted by Gasteiger charge is 2.10. The van der Waals surface area contributed by atoms with E-state index in [0.717, 1.165) is 37.5 Å². The van der Waals surface area contributed by atoms with Crippen molar-refractivity contribution in [1.29, 1.82) is 0 Å². The number of rotatable bonds is 1. The summed E-state index contributed by atoms with van der Waals surface area (Å²) < 4.78 is 0. The summed E-state index contributed by atoms with van der Waals surface area (Å²) in [5.41, 5.74) is 0.781. The third-order valence-electron chi connectivity index (χ3n) is 2.21. The van der Waals surface area contributed by atoms with E-state index in [2.05, 4.69) is 15.2 Å². The van der Waals surface area contributed by atoms with Crippen LogP contribution in [0.1, 0.15) is 0 Å². The molecule has 0 atom stereocenters. The molecule has 0 aliphatic carbocycles. The lowest BCUT2D eigenvalue weighted by molar-refractivity contribution is 0.585. The Hall–Kier alpha value is -1.03. The SMILES string of the molecule is [B]c1ccnc(N2CCNCC2)c1. The van der Waals surface area contributed by atoms with Gasteiger partial charge in [0, 0.05) is 32.4 Å². The van der Waals surface area contributed by atoms with E-state index in [0.29, 0.717) is 0 Å². The average Bonchev–Trinajstić information content (AvgIpc) is 2.19. The predicted octanol–water partition coefficient (Wildman–Crippen LogP) is -0.715. The molecule has 66 valence electrons. The van der Waals surface area contributed by atoms with Crippen LogP contribution >= 0.6 is 0 Å². The summed E-state index contributed by atoms with van der Waals surface area (Å²) in [6.07, 6.45) is 1.76. The summed E-state index contributed by atoms with van der Waals surface area (Å²) in [6.45, 7) is 4.07. The van der Waals surface area contributed by atoms with Crippen LogP contribution < -0.4 is 15.7 Å². The van der Waals surface area contributed by atoms with Gasteiger partial charge in [-0.15, -0.1) is 0 Å². The Bertz CT molecular complexity index is 284. The molecule has 0 saturated carbocycles. The normalized spacial score (nSPS) is 17.4. The molecule has 1 aromatic heterocycles. The second-order valence-electron chi connectivity index (χ2n) is 3.18. The van der Waals surface area contributed by atoms with Gasteiger partial charge in [-0.05, 0) is 6.07 Å². The monoisotopic (exact) mass is 173 g/mol. The molecule has 1 aliphatic rings. The van der Waals surface area contributed by atoms with Gasteiger partial charge in [-0.25, -0.2) is 4.98 Å². The van der Waals surface area contributed by atoms with Crippen molar-refractivity contribution in [3.05, 3.63) is 18.3 Å². The lowest BCUT2D eigenvalue weighted by Gasteiger charge is -2.28. The molecule has 0 unspecified atom stereocenters. The van der Waals surface area contributed by atoms with Crippen LogP contribution in [0.5, 0.6) is 0 Å². The molecule has 0 amide bonds. The van der Waals surface area contributed by atoms with Gasteiger partial charge in [0.1, 0.15) is 13.7 Å². The van der Waals surface area contributed by atoms with Crippen LogP contribution in [0.25, 0.3) is 0 Å². The van der Waals surface area contributed by atoms with Crippen LogP contribution in [0.4, 0.5) is 5.82 Å². The largest absolute Gasteiger partial charge is 0.354 e. The lowest BCUT2D eigenvalue weighted by Crippen LogP contribution is -2.44. The van der Waals surface area contributed by atoms with E-state index >= 15 is 0 Å². The van der Waals surface area contributed by atoms with Crippen molar-refractivity contribution in [2.24, 2.45) is 0 Å². The molecule has 2 radical (unpaired) electrons. The van der Waals surface area contributed by atoms with Gasteiger partial charge < -0.3 is 10.2 Å². The first-order chi connectivity index (χ1) is 6.36. The van der Waals surface area contributed by atoms with E-state index in [9.17, 15) is 0 Å². The Balaban J connectivity index is 2.14. The Morgan fingerprint density at radius 1 is 1.38 bits per heavy atom. The zero-order valence-corrected chi connectivity index (χ0v) is 7.53. The first-order valence-corrected chi connectivity index (χ1v) is 4.53. The molecule has 4 heteroatoms. The fourth-order valence-corrected chi connectivity index (χ4v) is 1.50. The quantitative estimate of drug-likeness (QED) is 0.568. The highest BCUT2D eigenvalue weighted by molar-refractivity contribution is 6.32. The van der Waals surface area contributed by atoms with E-state index in [1.807, 2.05) is 12.1 Å². The first kappa shape index (κ1) is 8.57. The maximum absolute atomic E-state index is 5.68. The van der Waals surface area contributed by atoms with Crippen LogP contribution in [0.15, 0.2) is 18.3 Å². The zero-order valence-electron chi connectivity index (χ0n) is 7.53. The van der Waals surface area contributed by atoms with Crippen LogP contribution in [0.3, 0.4) is 0 Å². The number of hydrogen-bond donors (Lipinski definition) is 1. The first-order valence-electron chi connectivity index (χ1n) is 4.53. The number of anilines is 1. The summed E-state index contributed by atoms with van der Waals surface area (Å²) in [6, 6.07) is 3.73. The molecular weight excluding hydrogens is 161 g/mol. The minimum absolute atomic E-state index is 0.781. The Morgan fingerprint density at radius 3 is 2.85 bits per heavy atom. The molecule has 3 nitrogen and oxygen atoms in total. The molecular formula is C9H12BN3. The third kappa shape index (κ3) is 2.01. The molecule has 2 heterocycles. The van der Waals surface area contributed by atoms with Gasteiger partial charge in [0.25, 0.3) is 0 Å². The molecule has 0 aromatic carbocycles. The fraction of sp³-hybridized carbons (Fsp3) is 0.444. The predicted molar refractivity (Wildman–Crippen MR) is 54.7 cm³/mol. The van der Waals surface area contributed by atoms with E-state index in [4.69, 9.17) is 7.85 Å². The average molecular weight is 173 g/mol. The number of piperazine rings is 1. The van der Waals surface area contributed by atoms with Crippen LogP contribution in [-0.4, -0.2) is 39.0 Å². The molecule has 0 bridgehead atoms. The number of hydrogen-bond acceptors (Lipinski definition) is 3. The Kier molecular flexibility index (Phi) is 2.50. The van der Waals surface area contributed by atoms with Crippen LogP contribution in [0, 0.1) is 0 Å². The molecule has 0 spiro atoms. The van der Waals surface area contributed by atoms with Crippen molar-refractivity contribution < 1.29 is 0 Å². The van der Waals surface area contributed by atoms with Gasteiger partial charge in [-0.1, -0.05) is 11.5 Å². The standard InChI is InChI=1S/C9H12BN3/c10-8-1-2-12-9(7-8)13-5-3-11-4-6-13/h1-2,7,11H,3-6H2. The topological polar surface area (TPSA) is 28.2 Å². The van der Waals surface area contributed by atoms with Gasteiger partial charge >= 0.3 is 0 Å². The Morgan fingerprint density at radius 2 is 2.15 bits per heavy atom. The summed E-state index contributed by atoms with van der Waals surface area (Å²) >= 11 is 0. The summed E-state index contributed by atoms with van der Waals surface area (Å²) in [4.78, 5) is 6.52. The maximum Gasteiger partial charge on any atom is 0.127 e. The molecule has 13 heavy (non-hydrogen) atoms. The minimum atomic E-state index is 0.781. The molecule has 1 aliphatic heterocycles. The van der Waals surface area contributed by atoms with Gasteiger partial charge in [0.05, 0.1) is 0 Å². The maximum atomic E-state index is 5.68. The van der Waals surface area contributed by atoms with E-state index < -0.39 is 0 Å². The van der Waals surface area contributed by atoms with E-state index in [-0.39, 0.29) is 0 Å². The van der Waals surface area contributed by atoms with Crippen molar-refractivity contribution in [3.8, 4) is 0 Å². The number of nitrogens with one attached hydrogen (secondary N) is 1. The summed E-state index contributed by atoms with van der Waals surface area (Å²) in [7, 11) is 5.68. The van der Waals surface area contributed by atoms with Crippen molar-refractivity contribution in [2.75, 3.05) is 31.1 Å². The minimum Gasteiger partial charge on any atom is -0.354 e. The number of pyridine rings is 1. The summed E-state index contributed by atoms with van der Waals surface area (Å²) in [5.74, 6) is 0.988. The van der Waals surface area contributed by atoms with Crippen LogP contribution in [-0.2, 0) is 0 Å². The van der Waals surface area contributed by atoms with Gasteiger partial charge in [-0.2, -0.15) is 0 Å². The molecule has 1 aromatic rings. The van der Waals surface area contributed by atoms with Crippen molar-refractivity contribution >= 4 is 19.1 Å². The van der Waals surface area contributed by atoms with E-state index in [1.54, 1.807) is 6.20 Å². The number of aromatic nitrogens is 1. The van der Waals surface area contributed by atoms with Gasteiger partial charge in [0.2, 0.25) is 0 Å². The highest BCUT2D eigenvalue weighted by atomic mass is 15.2. The highest BCUT2D eigenvalue weighted by Crippen LogP contribution is 2.07. The lowest BCUT2D eigenvalue weighted by atomic mass is 9.98. The van der Waals surface area contributed by atoms with Crippen LogP contribution in [0.2, 0.25) is 0 Å². The third-order valence-corrected chi connectivity index (χ3v) is 2.21.